The molecule has 2 N–H and O–H groups in total. The second-order valence-electron chi connectivity index (χ2n) is 3.05. The quantitative estimate of drug-likeness (QED) is 0.787. The van der Waals surface area contributed by atoms with Gasteiger partial charge in [0.2, 0.25) is 0 Å². The molecule has 4 heteroatoms. The molecule has 4 nitrogen and oxygen atoms in total. The highest BCUT2D eigenvalue weighted by Crippen LogP contribution is 2.26. The van der Waals surface area contributed by atoms with Crippen molar-refractivity contribution in [2.24, 2.45) is 0 Å². The maximum Gasteiger partial charge on any atom is 0.339 e. The summed E-state index contributed by atoms with van der Waals surface area (Å²) < 4.78 is 4.85. The Hall–Kier alpha value is -2.23. The predicted octanol–water partition coefficient (Wildman–Crippen LogP) is 2.35. The Balaban J connectivity index is 2.49. The highest BCUT2D eigenvalue weighted by atomic mass is 16.4. The second kappa shape index (κ2) is 3.49. The number of phenols is 1. The molecule has 0 radical (unpaired) electrons. The average molecular weight is 204 g/mol. The van der Waals surface area contributed by atoms with Crippen LogP contribution < -0.4 is 0 Å². The number of benzene rings is 1. The van der Waals surface area contributed by atoms with Crippen molar-refractivity contribution in [3.8, 4) is 16.9 Å². The fourth-order valence-electron chi connectivity index (χ4n) is 1.33. The SMILES string of the molecule is O=C(O)c1cocc1-c1ccc(O)cc1. The van der Waals surface area contributed by atoms with Crippen molar-refractivity contribution in [1.82, 2.24) is 0 Å². The number of carbonyl (C=O) groups is 1. The van der Waals surface area contributed by atoms with E-state index >= 15 is 0 Å². The number of phenolic OH excluding ortho intramolecular Hbond substituents is 1. The summed E-state index contributed by atoms with van der Waals surface area (Å²) in [5.41, 5.74) is 1.31. The highest BCUT2D eigenvalue weighted by molar-refractivity contribution is 5.95. The van der Waals surface area contributed by atoms with Gasteiger partial charge in [0.05, 0.1) is 6.26 Å². The highest BCUT2D eigenvalue weighted by Gasteiger charge is 2.13. The molecule has 0 spiro atoms. The molecule has 0 amide bonds. The molecular formula is C11H8O4. The summed E-state index contributed by atoms with van der Waals surface area (Å²) in [6.07, 6.45) is 2.56. The molecule has 0 aliphatic heterocycles. The molecule has 0 aliphatic rings. The normalized spacial score (nSPS) is 10.1. The molecule has 0 bridgehead atoms. The molecule has 0 aliphatic carbocycles. The van der Waals surface area contributed by atoms with E-state index < -0.39 is 5.97 Å². The van der Waals surface area contributed by atoms with Crippen LogP contribution in [0.2, 0.25) is 0 Å². The lowest BCUT2D eigenvalue weighted by Gasteiger charge is -1.99. The molecule has 0 unspecified atom stereocenters. The maximum atomic E-state index is 10.8. The topological polar surface area (TPSA) is 70.7 Å². The number of aromatic hydroxyl groups is 1. The van der Waals surface area contributed by atoms with Crippen molar-refractivity contribution in [2.45, 2.75) is 0 Å². The molecular weight excluding hydrogens is 196 g/mol. The minimum atomic E-state index is -1.04. The fourth-order valence-corrected chi connectivity index (χ4v) is 1.33. The smallest absolute Gasteiger partial charge is 0.339 e. The van der Waals surface area contributed by atoms with E-state index in [1.54, 1.807) is 12.1 Å². The third-order valence-corrected chi connectivity index (χ3v) is 2.07. The van der Waals surface area contributed by atoms with E-state index in [4.69, 9.17) is 14.6 Å². The second-order valence-corrected chi connectivity index (χ2v) is 3.05. The molecule has 1 aromatic heterocycles. The van der Waals surface area contributed by atoms with E-state index in [0.717, 1.165) is 0 Å². The molecule has 1 aromatic carbocycles. The predicted molar refractivity (Wildman–Crippen MR) is 52.8 cm³/mol. The number of rotatable bonds is 2. The Morgan fingerprint density at radius 2 is 1.80 bits per heavy atom. The summed E-state index contributed by atoms with van der Waals surface area (Å²) in [5.74, 6) is -0.897. The summed E-state index contributed by atoms with van der Waals surface area (Å²) in [5, 5.41) is 18.0. The molecule has 0 saturated carbocycles. The number of aromatic carboxylic acids is 1. The van der Waals surface area contributed by atoms with Gasteiger partial charge in [-0.3, -0.25) is 0 Å². The molecule has 2 aromatic rings. The van der Waals surface area contributed by atoms with Gasteiger partial charge in [-0.2, -0.15) is 0 Å². The minimum absolute atomic E-state index is 0.112. The number of furan rings is 1. The van der Waals surface area contributed by atoms with Crippen LogP contribution in [0, 0.1) is 0 Å². The van der Waals surface area contributed by atoms with Crippen LogP contribution >= 0.6 is 0 Å². The molecule has 0 fully saturated rings. The number of hydrogen-bond donors (Lipinski definition) is 2. The Labute approximate surface area is 85.4 Å². The summed E-state index contributed by atoms with van der Waals surface area (Å²) >= 11 is 0. The van der Waals surface area contributed by atoms with E-state index in [1.165, 1.54) is 24.7 Å². The Kier molecular flexibility index (Phi) is 2.17. The van der Waals surface area contributed by atoms with Gasteiger partial charge in [0.15, 0.2) is 0 Å². The van der Waals surface area contributed by atoms with E-state index in [1.807, 2.05) is 0 Å². The van der Waals surface area contributed by atoms with Gasteiger partial charge in [0.25, 0.3) is 0 Å². The third-order valence-electron chi connectivity index (χ3n) is 2.07. The molecule has 76 valence electrons. The number of carboxylic acid groups (broad SMARTS) is 1. The van der Waals surface area contributed by atoms with Gasteiger partial charge < -0.3 is 14.6 Å². The molecule has 1 heterocycles. The lowest BCUT2D eigenvalue weighted by molar-refractivity contribution is 0.0697. The Morgan fingerprint density at radius 3 is 2.40 bits per heavy atom. The van der Waals surface area contributed by atoms with Crippen molar-refractivity contribution in [2.75, 3.05) is 0 Å². The van der Waals surface area contributed by atoms with Gasteiger partial charge in [-0.1, -0.05) is 12.1 Å². The van der Waals surface area contributed by atoms with Crippen LogP contribution in [0.4, 0.5) is 0 Å². The lowest BCUT2D eigenvalue weighted by atomic mass is 10.0. The van der Waals surface area contributed by atoms with Crippen molar-refractivity contribution < 1.29 is 19.4 Å². The zero-order valence-corrected chi connectivity index (χ0v) is 7.68. The van der Waals surface area contributed by atoms with E-state index in [2.05, 4.69) is 0 Å². The first-order valence-electron chi connectivity index (χ1n) is 4.27. The summed E-state index contributed by atoms with van der Waals surface area (Å²) in [6.45, 7) is 0. The van der Waals surface area contributed by atoms with Crippen molar-refractivity contribution in [3.05, 3.63) is 42.4 Å². The lowest BCUT2D eigenvalue weighted by Crippen LogP contribution is -1.95. The van der Waals surface area contributed by atoms with Crippen molar-refractivity contribution in [1.29, 1.82) is 0 Å². The Morgan fingerprint density at radius 1 is 1.13 bits per heavy atom. The van der Waals surface area contributed by atoms with Gasteiger partial charge >= 0.3 is 5.97 Å². The summed E-state index contributed by atoms with van der Waals surface area (Å²) in [4.78, 5) is 10.8. The van der Waals surface area contributed by atoms with Crippen LogP contribution in [0.25, 0.3) is 11.1 Å². The number of hydrogen-bond acceptors (Lipinski definition) is 3. The third kappa shape index (κ3) is 1.69. The first-order valence-corrected chi connectivity index (χ1v) is 4.27. The standard InChI is InChI=1S/C11H8O4/c12-8-3-1-7(2-4-8)9-5-15-6-10(9)11(13)14/h1-6,12H,(H,13,14). The average Bonchev–Trinajstić information content (AvgIpc) is 2.67. The van der Waals surface area contributed by atoms with Gasteiger partial charge in [-0.15, -0.1) is 0 Å². The zero-order valence-electron chi connectivity index (χ0n) is 7.68. The minimum Gasteiger partial charge on any atom is -0.508 e. The van der Waals surface area contributed by atoms with E-state index in [0.29, 0.717) is 11.1 Å². The van der Waals surface area contributed by atoms with Crippen LogP contribution in [0.15, 0.2) is 41.2 Å². The van der Waals surface area contributed by atoms with Crippen molar-refractivity contribution in [3.63, 3.8) is 0 Å². The van der Waals surface area contributed by atoms with Gasteiger partial charge in [0, 0.05) is 5.56 Å². The van der Waals surface area contributed by atoms with Crippen LogP contribution in [-0.4, -0.2) is 16.2 Å². The van der Waals surface area contributed by atoms with Gasteiger partial charge in [-0.25, -0.2) is 4.79 Å². The largest absolute Gasteiger partial charge is 0.508 e. The first kappa shape index (κ1) is 9.33. The van der Waals surface area contributed by atoms with Crippen LogP contribution in [0.5, 0.6) is 5.75 Å². The van der Waals surface area contributed by atoms with Crippen LogP contribution in [0.1, 0.15) is 10.4 Å². The van der Waals surface area contributed by atoms with Crippen LogP contribution in [-0.2, 0) is 0 Å². The Bertz CT molecular complexity index is 482. The maximum absolute atomic E-state index is 10.8. The first-order chi connectivity index (χ1) is 7.18. The van der Waals surface area contributed by atoms with Crippen molar-refractivity contribution >= 4 is 5.97 Å². The van der Waals surface area contributed by atoms with E-state index in [-0.39, 0.29) is 11.3 Å². The fraction of sp³-hybridized carbons (Fsp3) is 0. The van der Waals surface area contributed by atoms with Crippen LogP contribution in [0.3, 0.4) is 0 Å². The van der Waals surface area contributed by atoms with Gasteiger partial charge in [-0.05, 0) is 17.7 Å². The molecule has 15 heavy (non-hydrogen) atoms. The monoisotopic (exact) mass is 204 g/mol. The summed E-state index contributed by atoms with van der Waals surface area (Å²) in [7, 11) is 0. The van der Waals surface area contributed by atoms with E-state index in [9.17, 15) is 4.79 Å². The molecule has 0 saturated heterocycles. The summed E-state index contributed by atoms with van der Waals surface area (Å²) in [6, 6.07) is 6.25. The zero-order chi connectivity index (χ0) is 10.8. The van der Waals surface area contributed by atoms with Gasteiger partial charge in [0.1, 0.15) is 17.6 Å². The number of carboxylic acids is 1. The molecule has 2 rings (SSSR count). The molecule has 0 atom stereocenters.